The van der Waals surface area contributed by atoms with Gasteiger partial charge in [-0.05, 0) is 57.0 Å². The zero-order valence-corrected chi connectivity index (χ0v) is 14.7. The van der Waals surface area contributed by atoms with Crippen LogP contribution in [-0.4, -0.2) is 37.6 Å². The fourth-order valence-electron chi connectivity index (χ4n) is 3.98. The predicted molar refractivity (Wildman–Crippen MR) is 90.2 cm³/mol. The molecule has 1 aliphatic carbocycles. The van der Waals surface area contributed by atoms with Crippen molar-refractivity contribution in [1.29, 1.82) is 0 Å². The van der Waals surface area contributed by atoms with Crippen LogP contribution >= 0.6 is 0 Å². The van der Waals surface area contributed by atoms with Gasteiger partial charge in [-0.25, -0.2) is 0 Å². The molecule has 1 fully saturated rings. The zero-order valence-electron chi connectivity index (χ0n) is 14.7. The minimum atomic E-state index is 0.432. The molecular weight excluding hydrogens is 244 g/mol. The summed E-state index contributed by atoms with van der Waals surface area (Å²) in [4.78, 5) is 2.67. The van der Waals surface area contributed by atoms with E-state index in [1.807, 2.05) is 0 Å². The number of nitrogens with one attached hydrogen (secondary N) is 1. The van der Waals surface area contributed by atoms with Crippen molar-refractivity contribution in [3.63, 3.8) is 0 Å². The summed E-state index contributed by atoms with van der Waals surface area (Å²) in [5.74, 6) is 1.00. The largest absolute Gasteiger partial charge is 0.316 e. The second kappa shape index (κ2) is 9.04. The van der Waals surface area contributed by atoms with Gasteiger partial charge in [-0.2, -0.15) is 0 Å². The van der Waals surface area contributed by atoms with Crippen LogP contribution in [0, 0.1) is 11.3 Å². The number of nitrogens with zero attached hydrogens (tertiary/aromatic N) is 1. The summed E-state index contributed by atoms with van der Waals surface area (Å²) in [6.45, 7) is 12.8. The molecule has 0 aromatic rings. The molecule has 2 nitrogen and oxygen atoms in total. The lowest BCUT2D eigenvalue weighted by atomic mass is 9.81. The molecule has 1 atom stereocenters. The molecule has 120 valence electrons. The summed E-state index contributed by atoms with van der Waals surface area (Å²) in [5.41, 5.74) is 0.432. The molecule has 0 aliphatic heterocycles. The Kier molecular flexibility index (Phi) is 8.13. The molecule has 0 amide bonds. The Bertz CT molecular complexity index is 246. The Labute approximate surface area is 127 Å². The Morgan fingerprint density at radius 2 is 1.75 bits per heavy atom. The van der Waals surface area contributed by atoms with E-state index < -0.39 is 0 Å². The Morgan fingerprint density at radius 3 is 2.25 bits per heavy atom. The Morgan fingerprint density at radius 1 is 1.10 bits per heavy atom. The first kappa shape index (κ1) is 18.0. The van der Waals surface area contributed by atoms with Crippen LogP contribution in [0.3, 0.4) is 0 Å². The fraction of sp³-hybridized carbons (Fsp3) is 1.00. The molecule has 2 heteroatoms. The highest BCUT2D eigenvalue weighted by molar-refractivity contribution is 4.84. The number of hydrogen-bond donors (Lipinski definition) is 1. The van der Waals surface area contributed by atoms with Crippen molar-refractivity contribution in [3.05, 3.63) is 0 Å². The highest BCUT2D eigenvalue weighted by Gasteiger charge is 2.29. The lowest BCUT2D eigenvalue weighted by Crippen LogP contribution is -2.45. The van der Waals surface area contributed by atoms with Crippen molar-refractivity contribution in [2.24, 2.45) is 11.3 Å². The minimum Gasteiger partial charge on any atom is -0.316 e. The van der Waals surface area contributed by atoms with Gasteiger partial charge in [0.1, 0.15) is 0 Å². The SMILES string of the molecule is CCCC(C)(CNCC)CN(C)C1CCC(CC)CC1. The maximum absolute atomic E-state index is 3.57. The van der Waals surface area contributed by atoms with Crippen LogP contribution in [0.2, 0.25) is 0 Å². The normalized spacial score (nSPS) is 26.7. The average Bonchev–Trinajstić information content (AvgIpc) is 2.45. The molecule has 1 aliphatic rings. The van der Waals surface area contributed by atoms with Crippen molar-refractivity contribution in [3.8, 4) is 0 Å². The minimum absolute atomic E-state index is 0.432. The zero-order chi connectivity index (χ0) is 15.0. The van der Waals surface area contributed by atoms with Gasteiger partial charge in [0.05, 0.1) is 0 Å². The highest BCUT2D eigenvalue weighted by Crippen LogP contribution is 2.31. The van der Waals surface area contributed by atoms with Crippen LogP contribution in [0.1, 0.15) is 72.6 Å². The molecule has 1 N–H and O–H groups in total. The molecule has 0 aromatic carbocycles. The Hall–Kier alpha value is -0.0800. The third-order valence-corrected chi connectivity index (χ3v) is 5.30. The molecule has 0 bridgehead atoms. The van der Waals surface area contributed by atoms with Crippen LogP contribution in [0.15, 0.2) is 0 Å². The standard InChI is InChI=1S/C18H38N2/c1-6-13-18(4,14-19-8-3)15-20(5)17-11-9-16(7-2)10-12-17/h16-17,19H,6-15H2,1-5H3. The third kappa shape index (κ3) is 5.73. The second-order valence-electron chi connectivity index (χ2n) is 7.34. The van der Waals surface area contributed by atoms with E-state index in [4.69, 9.17) is 0 Å². The lowest BCUT2D eigenvalue weighted by molar-refractivity contribution is 0.103. The summed E-state index contributed by atoms with van der Waals surface area (Å²) in [6.07, 6.45) is 9.72. The van der Waals surface area contributed by atoms with Gasteiger partial charge in [0.25, 0.3) is 0 Å². The average molecular weight is 283 g/mol. The molecular formula is C18H38N2. The summed E-state index contributed by atoms with van der Waals surface area (Å²) in [5, 5.41) is 3.57. The van der Waals surface area contributed by atoms with Crippen molar-refractivity contribution >= 4 is 0 Å². The van der Waals surface area contributed by atoms with Crippen molar-refractivity contribution in [1.82, 2.24) is 10.2 Å². The first-order valence-electron chi connectivity index (χ1n) is 8.95. The summed E-state index contributed by atoms with van der Waals surface area (Å²) in [7, 11) is 2.36. The third-order valence-electron chi connectivity index (χ3n) is 5.30. The van der Waals surface area contributed by atoms with Crippen molar-refractivity contribution in [2.75, 3.05) is 26.7 Å². The summed E-state index contributed by atoms with van der Waals surface area (Å²) < 4.78 is 0. The molecule has 1 unspecified atom stereocenters. The monoisotopic (exact) mass is 282 g/mol. The summed E-state index contributed by atoms with van der Waals surface area (Å²) in [6, 6.07) is 0.829. The van der Waals surface area contributed by atoms with Gasteiger partial charge in [-0.3, -0.25) is 0 Å². The first-order chi connectivity index (χ1) is 9.54. The van der Waals surface area contributed by atoms with Gasteiger partial charge in [-0.1, -0.05) is 40.5 Å². The van der Waals surface area contributed by atoms with E-state index in [0.29, 0.717) is 5.41 Å². The van der Waals surface area contributed by atoms with E-state index in [2.05, 4.69) is 45.0 Å². The van der Waals surface area contributed by atoms with Crippen LogP contribution < -0.4 is 5.32 Å². The molecule has 0 heterocycles. The van der Waals surface area contributed by atoms with Crippen LogP contribution in [-0.2, 0) is 0 Å². The topological polar surface area (TPSA) is 15.3 Å². The van der Waals surface area contributed by atoms with Gasteiger partial charge in [-0.15, -0.1) is 0 Å². The van der Waals surface area contributed by atoms with E-state index in [0.717, 1.165) is 25.0 Å². The summed E-state index contributed by atoms with van der Waals surface area (Å²) >= 11 is 0. The smallest absolute Gasteiger partial charge is 0.00926 e. The molecule has 1 rings (SSSR count). The van der Waals surface area contributed by atoms with E-state index in [1.54, 1.807) is 0 Å². The molecule has 1 saturated carbocycles. The van der Waals surface area contributed by atoms with Gasteiger partial charge in [0.2, 0.25) is 0 Å². The fourth-order valence-corrected chi connectivity index (χ4v) is 3.98. The van der Waals surface area contributed by atoms with E-state index in [9.17, 15) is 0 Å². The Balaban J connectivity index is 2.46. The quantitative estimate of drug-likeness (QED) is 0.678. The van der Waals surface area contributed by atoms with Crippen LogP contribution in [0.4, 0.5) is 0 Å². The van der Waals surface area contributed by atoms with Gasteiger partial charge in [0.15, 0.2) is 0 Å². The molecule has 0 aromatic heterocycles. The molecule has 0 spiro atoms. The molecule has 20 heavy (non-hydrogen) atoms. The number of rotatable bonds is 9. The van der Waals surface area contributed by atoms with Crippen LogP contribution in [0.5, 0.6) is 0 Å². The number of hydrogen-bond acceptors (Lipinski definition) is 2. The van der Waals surface area contributed by atoms with E-state index in [1.165, 1.54) is 51.5 Å². The molecule has 0 saturated heterocycles. The van der Waals surface area contributed by atoms with Crippen molar-refractivity contribution < 1.29 is 0 Å². The van der Waals surface area contributed by atoms with Gasteiger partial charge in [0, 0.05) is 19.1 Å². The highest BCUT2D eigenvalue weighted by atomic mass is 15.1. The second-order valence-corrected chi connectivity index (χ2v) is 7.34. The maximum atomic E-state index is 3.57. The van der Waals surface area contributed by atoms with Gasteiger partial charge < -0.3 is 10.2 Å². The molecule has 0 radical (unpaired) electrons. The lowest BCUT2D eigenvalue weighted by Gasteiger charge is -2.40. The maximum Gasteiger partial charge on any atom is 0.00926 e. The first-order valence-corrected chi connectivity index (χ1v) is 8.95. The van der Waals surface area contributed by atoms with E-state index in [-0.39, 0.29) is 0 Å². The van der Waals surface area contributed by atoms with Crippen LogP contribution in [0.25, 0.3) is 0 Å². The van der Waals surface area contributed by atoms with Gasteiger partial charge >= 0.3 is 0 Å². The van der Waals surface area contributed by atoms with E-state index >= 15 is 0 Å². The van der Waals surface area contributed by atoms with Crippen molar-refractivity contribution in [2.45, 2.75) is 78.7 Å². The predicted octanol–water partition coefficient (Wildman–Crippen LogP) is 4.30.